The predicted molar refractivity (Wildman–Crippen MR) is 18.0 cm³/mol. The molecule has 0 atom stereocenters. The molecule has 0 rings (SSSR count). The first kappa shape index (κ1) is 16.8. The Kier molecular flexibility index (Phi) is 86.6. The summed E-state index contributed by atoms with van der Waals surface area (Å²) in [5, 5.41) is 0. The summed E-state index contributed by atoms with van der Waals surface area (Å²) in [4.78, 5) is 0. The van der Waals surface area contributed by atoms with Crippen molar-refractivity contribution in [3.63, 3.8) is 0 Å². The molecule has 0 N–H and O–H groups in total. The molecular weight excluding hydrogens is 180 g/mol. The number of rotatable bonds is 0. The maximum Gasteiger partial charge on any atom is 0 e. The molecule has 0 aromatic carbocycles. The fourth-order valence-electron chi connectivity index (χ4n) is 0. The molecule has 0 spiro atoms. The van der Waals surface area contributed by atoms with Crippen LogP contribution in [-0.2, 0) is 38.0 Å². The zero-order valence-electron chi connectivity index (χ0n) is 2.05. The predicted octanol–water partition coefficient (Wildman–Crippen LogP) is 0.756. The largest absolute Gasteiger partial charge is 0.115 e. The molecule has 0 heterocycles. The maximum absolute atomic E-state index is 3.22. The Hall–Kier alpha value is 1.91. The molecule has 0 unspecified atom stereocenters. The van der Waals surface area contributed by atoms with Crippen molar-refractivity contribution in [2.75, 3.05) is 0 Å². The molecule has 0 saturated heterocycles. The molecule has 1 radical (unpaired) electrons. The van der Waals surface area contributed by atoms with Gasteiger partial charge in [0.15, 0.2) is 0 Å². The van der Waals surface area contributed by atoms with E-state index < -0.39 is 0 Å². The van der Waals surface area contributed by atoms with Gasteiger partial charge in [0, 0.05) is 38.0 Å². The van der Waals surface area contributed by atoms with Crippen molar-refractivity contribution >= 4 is 23.3 Å². The van der Waals surface area contributed by atoms with Crippen LogP contribution in [0.1, 0.15) is 0 Å². The zero-order valence-corrected chi connectivity index (χ0v) is 8.20. The number of thiol groups is 2. The van der Waals surface area contributed by atoms with Crippen LogP contribution in [0.5, 0.6) is 0 Å². The van der Waals surface area contributed by atoms with E-state index in [1.54, 1.807) is 0 Å². The van der Waals surface area contributed by atoms with Crippen molar-refractivity contribution in [3.8, 4) is 0 Å². The summed E-state index contributed by atoms with van der Waals surface area (Å²) in [6.07, 6.45) is 0. The van der Waals surface area contributed by atoms with E-state index in [-0.39, 0.29) is 38.0 Å². The van der Waals surface area contributed by atoms with E-state index in [1.807, 2.05) is 0 Å². The topological polar surface area (TPSA) is 0 Å². The third kappa shape index (κ3) is 9.08. The van der Waals surface area contributed by atoms with E-state index in [9.17, 15) is 0 Å². The number of hydrogen-bond donors (Lipinski definition) is 2. The Morgan fingerprint density at radius 2 is 1.00 bits per heavy atom. The normalized spacial score (nSPS) is 1.50. The average molecular weight is 182 g/mol. The van der Waals surface area contributed by atoms with Crippen LogP contribution in [0.25, 0.3) is 0 Å². The first-order chi connectivity index (χ1) is 1.00. The molecule has 0 amide bonds. The Morgan fingerprint density at radius 1 is 1.00 bits per heavy atom. The van der Waals surface area contributed by atoms with Crippen molar-refractivity contribution in [1.82, 2.24) is 0 Å². The van der Waals surface area contributed by atoms with Gasteiger partial charge in [-0.2, -0.15) is 0 Å². The minimum Gasteiger partial charge on any atom is -0.115 e. The van der Waals surface area contributed by atoms with Crippen molar-refractivity contribution in [2.45, 2.75) is 0 Å². The van der Waals surface area contributed by atoms with E-state index in [1.165, 1.54) is 0 Å². The molecule has 0 aromatic rings. The molecule has 0 nitrogen and oxygen atoms in total. The van der Waals surface area contributed by atoms with Gasteiger partial charge in [0.2, 0.25) is 0 Å². The number of hydrogen-bond acceptors (Lipinski definition) is 2. The molecule has 0 fully saturated rings. The third-order valence-electron chi connectivity index (χ3n) is 0. The van der Waals surface area contributed by atoms with Crippen LogP contribution in [-0.4, -0.2) is 0 Å². The van der Waals surface area contributed by atoms with Gasteiger partial charge in [-0.15, -0.1) is 23.3 Å². The van der Waals surface area contributed by atoms with Crippen LogP contribution >= 0.6 is 23.3 Å². The van der Waals surface area contributed by atoms with Crippen LogP contribution in [0.4, 0.5) is 0 Å². The minimum atomic E-state index is 0. The molecule has 0 saturated carbocycles. The molecular formula is H2S2VZn. The zero-order chi connectivity index (χ0) is 2.00. The second-order valence-corrected chi connectivity index (χ2v) is 0. The van der Waals surface area contributed by atoms with Crippen molar-refractivity contribution < 1.29 is 38.0 Å². The Labute approximate surface area is 61.0 Å². The van der Waals surface area contributed by atoms with Gasteiger partial charge in [0.25, 0.3) is 0 Å². The molecule has 4 heteroatoms. The molecule has 21 valence electrons. The van der Waals surface area contributed by atoms with Gasteiger partial charge < -0.3 is 0 Å². The summed E-state index contributed by atoms with van der Waals surface area (Å²) in [6.45, 7) is 0. The van der Waals surface area contributed by atoms with Crippen molar-refractivity contribution in [1.29, 1.82) is 0 Å². The smallest absolute Gasteiger partial charge is 0 e. The standard InChI is InChI=1S/H2S2.V.Zn/c1-2;;/h1-2H;;. The summed E-state index contributed by atoms with van der Waals surface area (Å²) in [6, 6.07) is 0. The van der Waals surface area contributed by atoms with Gasteiger partial charge in [0.05, 0.1) is 0 Å². The SMILES string of the molecule is SS.[V].[Zn]. The first-order valence-corrected chi connectivity index (χ1v) is 1.80. The van der Waals surface area contributed by atoms with Crippen molar-refractivity contribution in [2.24, 2.45) is 0 Å². The van der Waals surface area contributed by atoms with Crippen LogP contribution in [0.2, 0.25) is 0 Å². The second kappa shape index (κ2) is 20.6. The quantitative estimate of drug-likeness (QED) is 0.308. The van der Waals surface area contributed by atoms with Gasteiger partial charge in [-0.1, -0.05) is 0 Å². The van der Waals surface area contributed by atoms with E-state index in [2.05, 4.69) is 23.3 Å². The molecule has 0 aliphatic carbocycles. The Bertz CT molecular complexity index is 6.00. The third-order valence-corrected chi connectivity index (χ3v) is 0. The van der Waals surface area contributed by atoms with Crippen LogP contribution < -0.4 is 0 Å². The monoisotopic (exact) mass is 181 g/mol. The summed E-state index contributed by atoms with van der Waals surface area (Å²) in [5.41, 5.74) is 0. The van der Waals surface area contributed by atoms with E-state index in [0.717, 1.165) is 0 Å². The fraction of sp³-hybridized carbons (Fsp3) is 0. The maximum atomic E-state index is 3.22. The average Bonchev–Trinajstić information content (AvgIpc) is 1.00. The van der Waals surface area contributed by atoms with E-state index in [4.69, 9.17) is 0 Å². The second-order valence-electron chi connectivity index (χ2n) is 0. The van der Waals surface area contributed by atoms with Gasteiger partial charge in [-0.25, -0.2) is 0 Å². The van der Waals surface area contributed by atoms with Gasteiger partial charge in [-0.3, -0.25) is 0 Å². The Morgan fingerprint density at radius 3 is 1.00 bits per heavy atom. The molecule has 4 heavy (non-hydrogen) atoms. The van der Waals surface area contributed by atoms with Crippen LogP contribution in [0.15, 0.2) is 0 Å². The first-order valence-electron chi connectivity index (χ1n) is 0.200. The molecule has 0 aromatic heterocycles. The van der Waals surface area contributed by atoms with E-state index in [0.29, 0.717) is 0 Å². The Balaban J connectivity index is -0.00000000500. The molecule has 0 bridgehead atoms. The molecule has 0 aliphatic heterocycles. The van der Waals surface area contributed by atoms with E-state index >= 15 is 0 Å². The summed E-state index contributed by atoms with van der Waals surface area (Å²) in [7, 11) is 0. The van der Waals surface area contributed by atoms with Gasteiger partial charge in [0.1, 0.15) is 0 Å². The van der Waals surface area contributed by atoms with Crippen molar-refractivity contribution in [3.05, 3.63) is 0 Å². The summed E-state index contributed by atoms with van der Waals surface area (Å²) >= 11 is 6.44. The van der Waals surface area contributed by atoms with Gasteiger partial charge in [-0.05, 0) is 0 Å². The van der Waals surface area contributed by atoms with Gasteiger partial charge >= 0.3 is 0 Å². The molecule has 0 aliphatic rings. The fourth-order valence-corrected chi connectivity index (χ4v) is 0. The summed E-state index contributed by atoms with van der Waals surface area (Å²) in [5.74, 6) is 0. The van der Waals surface area contributed by atoms with Crippen LogP contribution in [0, 0.1) is 0 Å². The summed E-state index contributed by atoms with van der Waals surface area (Å²) < 4.78 is 0. The minimum absolute atomic E-state index is 0. The van der Waals surface area contributed by atoms with Crippen LogP contribution in [0.3, 0.4) is 0 Å².